The fraction of sp³-hybridized carbons (Fsp3) is 0.444. The molecule has 36 heavy (non-hydrogen) atoms. The summed E-state index contributed by atoms with van der Waals surface area (Å²) in [6.07, 6.45) is -2.92. The van der Waals surface area contributed by atoms with Gasteiger partial charge in [-0.1, -0.05) is 6.07 Å². The van der Waals surface area contributed by atoms with Gasteiger partial charge in [0.15, 0.2) is 0 Å². The quantitative estimate of drug-likeness (QED) is 0.357. The number of carboxylic acid groups (broad SMARTS) is 1. The summed E-state index contributed by atoms with van der Waals surface area (Å²) in [5.41, 5.74) is 2.60. The third kappa shape index (κ3) is 4.13. The molecule has 0 amide bonds. The summed E-state index contributed by atoms with van der Waals surface area (Å²) in [4.78, 5) is 16.8. The number of carbonyl (C=O) groups is 1. The lowest BCUT2D eigenvalue weighted by molar-refractivity contribution is 0.0681. The number of hydrogen-bond acceptors (Lipinski definition) is 3. The maximum atomic E-state index is 14.2. The lowest BCUT2D eigenvalue weighted by Gasteiger charge is -2.31. The molecular weight excluding hydrogens is 476 g/mol. The van der Waals surface area contributed by atoms with Crippen LogP contribution in [0.25, 0.3) is 10.9 Å². The van der Waals surface area contributed by atoms with Gasteiger partial charge in [-0.3, -0.25) is 4.90 Å². The molecule has 0 spiro atoms. The van der Waals surface area contributed by atoms with Gasteiger partial charge >= 0.3 is 5.97 Å². The van der Waals surface area contributed by atoms with Crippen LogP contribution in [0.5, 0.6) is 5.75 Å². The van der Waals surface area contributed by atoms with E-state index in [0.717, 1.165) is 28.1 Å². The van der Waals surface area contributed by atoms with Crippen LogP contribution >= 0.6 is 0 Å². The van der Waals surface area contributed by atoms with Crippen molar-refractivity contribution < 1.29 is 32.2 Å². The zero-order chi connectivity index (χ0) is 25.7. The molecular formula is C27H28F4N2O3. The van der Waals surface area contributed by atoms with Crippen LogP contribution in [0, 0.1) is 24.7 Å². The highest BCUT2D eigenvalue weighted by atomic mass is 19.3. The number of fused-ring (bicyclic) bond motifs is 2. The van der Waals surface area contributed by atoms with Crippen molar-refractivity contribution in [3.05, 3.63) is 64.3 Å². The number of nitrogens with zero attached hydrogens (tertiary/aromatic N) is 1. The number of rotatable bonds is 7. The molecule has 192 valence electrons. The minimum atomic E-state index is -2.89. The van der Waals surface area contributed by atoms with Crippen LogP contribution in [0.4, 0.5) is 17.6 Å². The van der Waals surface area contributed by atoms with Crippen LogP contribution in [0.3, 0.4) is 0 Å². The summed E-state index contributed by atoms with van der Waals surface area (Å²) in [6, 6.07) is 7.13. The number of aromatic amines is 1. The van der Waals surface area contributed by atoms with Crippen molar-refractivity contribution in [2.24, 2.45) is 17.8 Å². The molecule has 5 nitrogen and oxygen atoms in total. The van der Waals surface area contributed by atoms with Crippen molar-refractivity contribution in [1.29, 1.82) is 0 Å². The molecule has 1 aromatic heterocycles. The summed E-state index contributed by atoms with van der Waals surface area (Å²) in [5, 5.41) is 10.3. The third-order valence-corrected chi connectivity index (χ3v) is 7.99. The van der Waals surface area contributed by atoms with Crippen LogP contribution in [0.1, 0.15) is 57.9 Å². The van der Waals surface area contributed by atoms with Gasteiger partial charge in [0.05, 0.1) is 12.7 Å². The maximum Gasteiger partial charge on any atom is 0.335 e. The molecule has 1 aliphatic carbocycles. The van der Waals surface area contributed by atoms with Gasteiger partial charge in [0.25, 0.3) is 6.43 Å². The smallest absolute Gasteiger partial charge is 0.335 e. The second kappa shape index (κ2) is 9.42. The molecule has 9 heteroatoms. The minimum absolute atomic E-state index is 0.0585. The molecule has 2 heterocycles. The minimum Gasteiger partial charge on any atom is -0.496 e. The van der Waals surface area contributed by atoms with Gasteiger partial charge in [-0.05, 0) is 67.0 Å². The van der Waals surface area contributed by atoms with Crippen LogP contribution < -0.4 is 4.74 Å². The highest BCUT2D eigenvalue weighted by molar-refractivity contribution is 5.88. The topological polar surface area (TPSA) is 65.6 Å². The lowest BCUT2D eigenvalue weighted by Crippen LogP contribution is -2.28. The lowest BCUT2D eigenvalue weighted by atomic mass is 9.86. The van der Waals surface area contributed by atoms with E-state index in [4.69, 9.17) is 4.74 Å². The molecule has 0 radical (unpaired) electrons. The molecule has 2 aliphatic rings. The van der Waals surface area contributed by atoms with E-state index in [2.05, 4.69) is 9.88 Å². The summed E-state index contributed by atoms with van der Waals surface area (Å²) in [5.74, 6) is -1.66. The molecule has 2 N–H and O–H groups in total. The second-order valence-corrected chi connectivity index (χ2v) is 9.95. The summed E-state index contributed by atoms with van der Waals surface area (Å²) >= 11 is 0. The number of H-pyrrole nitrogens is 1. The van der Waals surface area contributed by atoms with Crippen LogP contribution in [-0.2, 0) is 6.54 Å². The number of likely N-dealkylation sites (tertiary alicyclic amines) is 1. The molecule has 5 rings (SSSR count). The Morgan fingerprint density at radius 3 is 2.64 bits per heavy atom. The molecule has 0 bridgehead atoms. The Morgan fingerprint density at radius 2 is 1.97 bits per heavy atom. The third-order valence-electron chi connectivity index (χ3n) is 7.99. The Labute approximate surface area is 206 Å². The highest BCUT2D eigenvalue weighted by Crippen LogP contribution is 2.54. The summed E-state index contributed by atoms with van der Waals surface area (Å²) < 4.78 is 61.3. The van der Waals surface area contributed by atoms with Crippen molar-refractivity contribution >= 4 is 16.9 Å². The van der Waals surface area contributed by atoms with E-state index in [-0.39, 0.29) is 29.4 Å². The van der Waals surface area contributed by atoms with Crippen LogP contribution in [-0.4, -0.2) is 41.0 Å². The van der Waals surface area contributed by atoms with Crippen molar-refractivity contribution in [1.82, 2.24) is 9.88 Å². The van der Waals surface area contributed by atoms with Gasteiger partial charge in [0, 0.05) is 53.3 Å². The van der Waals surface area contributed by atoms with Gasteiger partial charge in [0.2, 0.25) is 6.43 Å². The largest absolute Gasteiger partial charge is 0.496 e. The first-order valence-electron chi connectivity index (χ1n) is 12.0. The maximum absolute atomic E-state index is 14.2. The molecule has 2 aromatic carbocycles. The fourth-order valence-corrected chi connectivity index (χ4v) is 6.43. The van der Waals surface area contributed by atoms with Gasteiger partial charge < -0.3 is 14.8 Å². The van der Waals surface area contributed by atoms with Gasteiger partial charge in [0.1, 0.15) is 5.75 Å². The van der Waals surface area contributed by atoms with Gasteiger partial charge in [-0.2, -0.15) is 0 Å². The number of aromatic nitrogens is 1. The Kier molecular flexibility index (Phi) is 6.44. The normalized spacial score (nSPS) is 24.2. The number of nitrogens with one attached hydrogen (secondary N) is 1. The van der Waals surface area contributed by atoms with E-state index in [9.17, 15) is 27.5 Å². The van der Waals surface area contributed by atoms with E-state index >= 15 is 0 Å². The molecule has 1 aliphatic heterocycles. The van der Waals surface area contributed by atoms with E-state index in [0.29, 0.717) is 30.8 Å². The Bertz CT molecular complexity index is 1290. The molecule has 2 fully saturated rings. The van der Waals surface area contributed by atoms with E-state index in [1.807, 2.05) is 25.3 Å². The van der Waals surface area contributed by atoms with Crippen molar-refractivity contribution in [3.63, 3.8) is 0 Å². The molecule has 0 unspecified atom stereocenters. The monoisotopic (exact) mass is 504 g/mol. The number of carboxylic acids is 1. The number of benzene rings is 2. The zero-order valence-corrected chi connectivity index (χ0v) is 20.0. The first-order valence-corrected chi connectivity index (χ1v) is 12.0. The number of alkyl halides is 4. The van der Waals surface area contributed by atoms with Crippen LogP contribution in [0.15, 0.2) is 36.5 Å². The number of hydrogen-bond donors (Lipinski definition) is 2. The van der Waals surface area contributed by atoms with Gasteiger partial charge in [-0.25, -0.2) is 22.4 Å². The first kappa shape index (κ1) is 24.6. The highest BCUT2D eigenvalue weighted by Gasteiger charge is 2.50. The second-order valence-electron chi connectivity index (χ2n) is 9.95. The molecule has 1 saturated heterocycles. The van der Waals surface area contributed by atoms with Crippen molar-refractivity contribution in [2.45, 2.75) is 45.2 Å². The predicted octanol–water partition coefficient (Wildman–Crippen LogP) is 6.59. The predicted molar refractivity (Wildman–Crippen MR) is 127 cm³/mol. The molecule has 3 aromatic rings. The number of halogens is 4. The van der Waals surface area contributed by atoms with E-state index in [1.54, 1.807) is 7.11 Å². The number of aryl methyl sites for hydroxylation is 1. The number of ether oxygens (including phenoxy) is 1. The Hall–Kier alpha value is -3.07. The number of aromatic carboxylic acids is 1. The average Bonchev–Trinajstić information content (AvgIpc) is 3.55. The van der Waals surface area contributed by atoms with E-state index < -0.39 is 30.8 Å². The standard InChI is InChI=1S/C27H28F4N2O3/c1-13-7-22(36-2)21(17-5-6-32-23(13)17)12-33-11-16-8-15(25(28)29)10-19(16)24(33)18-4-3-14(27(34)35)9-20(18)26(30)31/h3-7,9,15-16,19,24-26,32H,8,10-12H2,1-2H3,(H,34,35)/t15-,16-,19-,24+/m0/s1. The Balaban J connectivity index is 1.60. The molecule has 4 atom stereocenters. The van der Waals surface area contributed by atoms with Crippen molar-refractivity contribution in [3.8, 4) is 5.75 Å². The van der Waals surface area contributed by atoms with E-state index in [1.165, 1.54) is 12.1 Å². The summed E-state index contributed by atoms with van der Waals surface area (Å²) in [7, 11) is 1.58. The Morgan fingerprint density at radius 1 is 1.19 bits per heavy atom. The van der Waals surface area contributed by atoms with Crippen molar-refractivity contribution in [2.75, 3.05) is 13.7 Å². The average molecular weight is 505 g/mol. The summed E-state index contributed by atoms with van der Waals surface area (Å²) in [6.45, 7) is 2.85. The number of methoxy groups -OCH3 is 1. The first-order chi connectivity index (χ1) is 17.2. The SMILES string of the molecule is COc1cc(C)c2[nH]ccc2c1CN1C[C@@H]2C[C@H](C(F)F)C[C@@H]2[C@H]1c1ccc(C(=O)O)cc1C(F)F. The van der Waals surface area contributed by atoms with Crippen LogP contribution in [0.2, 0.25) is 0 Å². The zero-order valence-electron chi connectivity index (χ0n) is 20.0. The molecule has 1 saturated carbocycles. The van der Waals surface area contributed by atoms with Gasteiger partial charge in [-0.15, -0.1) is 0 Å². The fourth-order valence-electron chi connectivity index (χ4n) is 6.43.